The Hall–Kier alpha value is -3.69. The second-order valence-corrected chi connectivity index (χ2v) is 11.0. The fraction of sp³-hybridized carbons (Fsp3) is 0.394. The van der Waals surface area contributed by atoms with Crippen LogP contribution in [0.2, 0.25) is 0 Å². The van der Waals surface area contributed by atoms with Crippen molar-refractivity contribution in [2.75, 3.05) is 26.3 Å². The van der Waals surface area contributed by atoms with Crippen LogP contribution in [-0.4, -0.2) is 55.1 Å². The number of hydrogen-bond acceptors (Lipinski definition) is 5. The molecule has 0 radical (unpaired) electrons. The summed E-state index contributed by atoms with van der Waals surface area (Å²) in [6.07, 6.45) is 2.68. The third kappa shape index (κ3) is 8.03. The lowest BCUT2D eigenvalue weighted by atomic mass is 9.91. The van der Waals surface area contributed by atoms with Crippen molar-refractivity contribution >= 4 is 24.2 Å². The summed E-state index contributed by atoms with van der Waals surface area (Å²) in [5, 5.41) is 6.45. The number of carbonyl (C=O) groups excluding carboxylic acids is 2. The van der Waals surface area contributed by atoms with Gasteiger partial charge in [0.25, 0.3) is 5.91 Å². The highest BCUT2D eigenvalue weighted by atomic mass is 35.5. The smallest absolute Gasteiger partial charge is 0.251 e. The molecule has 43 heavy (non-hydrogen) atoms. The van der Waals surface area contributed by atoms with Crippen molar-refractivity contribution < 1.29 is 27.8 Å². The van der Waals surface area contributed by atoms with E-state index in [1.54, 1.807) is 24.3 Å². The van der Waals surface area contributed by atoms with E-state index >= 15 is 0 Å². The van der Waals surface area contributed by atoms with E-state index in [-0.39, 0.29) is 55.4 Å². The molecule has 1 heterocycles. The van der Waals surface area contributed by atoms with Crippen LogP contribution < -0.4 is 20.1 Å². The van der Waals surface area contributed by atoms with E-state index in [4.69, 9.17) is 9.47 Å². The normalized spacial score (nSPS) is 17.9. The first-order chi connectivity index (χ1) is 20.3. The number of hydrogen-bond donors (Lipinski definition) is 2. The predicted octanol–water partition coefficient (Wildman–Crippen LogP) is 5.36. The minimum Gasteiger partial charge on any atom is -0.490 e. The molecule has 1 saturated carbocycles. The first-order valence-electron chi connectivity index (χ1n) is 14.5. The minimum absolute atomic E-state index is 0. The van der Waals surface area contributed by atoms with Crippen molar-refractivity contribution in [1.29, 1.82) is 0 Å². The average molecular weight is 614 g/mol. The van der Waals surface area contributed by atoms with E-state index in [2.05, 4.69) is 36.6 Å². The molecule has 0 spiro atoms. The summed E-state index contributed by atoms with van der Waals surface area (Å²) in [7, 11) is 0. The van der Waals surface area contributed by atoms with Crippen LogP contribution in [0.3, 0.4) is 0 Å². The van der Waals surface area contributed by atoms with Gasteiger partial charge >= 0.3 is 0 Å². The maximum absolute atomic E-state index is 13.9. The number of nitrogens with one attached hydrogen (secondary N) is 2. The lowest BCUT2D eigenvalue weighted by molar-refractivity contribution is -0.138. The van der Waals surface area contributed by atoms with Gasteiger partial charge in [-0.15, -0.1) is 12.4 Å². The molecule has 10 heteroatoms. The second kappa shape index (κ2) is 14.7. The molecule has 2 amide bonds. The zero-order valence-corrected chi connectivity index (χ0v) is 25.2. The molecule has 3 aromatic carbocycles. The molecule has 1 saturated heterocycles. The van der Waals surface area contributed by atoms with Gasteiger partial charge in [-0.2, -0.15) is 0 Å². The maximum atomic E-state index is 13.9. The summed E-state index contributed by atoms with van der Waals surface area (Å²) < 4.78 is 38.1. The topological polar surface area (TPSA) is 79.9 Å². The molecule has 0 aromatic heterocycles. The highest BCUT2D eigenvalue weighted by Crippen LogP contribution is 2.32. The molecule has 7 nitrogen and oxygen atoms in total. The SMILES string of the molecule is Cc1cccc(CN(C(=O)C2CNCC[C@@H]2NC(=O)c2ccc(OCCOc3c(F)cccc3F)cc2)C2CC2)c1C.Cl. The van der Waals surface area contributed by atoms with Gasteiger partial charge < -0.3 is 25.0 Å². The largest absolute Gasteiger partial charge is 0.490 e. The molecule has 3 aromatic rings. The van der Waals surface area contributed by atoms with Gasteiger partial charge in [0, 0.05) is 30.7 Å². The van der Waals surface area contributed by atoms with Crippen LogP contribution in [0.1, 0.15) is 46.3 Å². The molecule has 1 aliphatic heterocycles. The van der Waals surface area contributed by atoms with Gasteiger partial charge in [-0.05, 0) is 92.7 Å². The predicted molar refractivity (Wildman–Crippen MR) is 163 cm³/mol. The van der Waals surface area contributed by atoms with Crippen LogP contribution in [0.5, 0.6) is 11.5 Å². The van der Waals surface area contributed by atoms with Crippen molar-refractivity contribution in [3.8, 4) is 11.5 Å². The standard InChI is InChI=1S/C33H37F2N3O4.ClH/c1-21-5-3-6-24(22(21)2)20-38(25-11-12-25)33(40)27-19-36-16-15-30(27)37-32(39)23-9-13-26(14-10-23)41-17-18-42-31-28(34)7-4-8-29(31)35;/h3-10,13-14,25,27,30,36H,11-12,15-20H2,1-2H3,(H,37,39);1H/t27?,30-;/m0./s1. The Labute approximate surface area is 257 Å². The van der Waals surface area contributed by atoms with Gasteiger partial charge in [0.15, 0.2) is 17.4 Å². The van der Waals surface area contributed by atoms with E-state index in [0.717, 1.165) is 37.1 Å². The number of ether oxygens (including phenoxy) is 2. The first-order valence-corrected chi connectivity index (χ1v) is 14.5. The molecule has 5 rings (SSSR count). The summed E-state index contributed by atoms with van der Waals surface area (Å²) in [4.78, 5) is 29.1. The van der Waals surface area contributed by atoms with Crippen molar-refractivity contribution in [3.63, 3.8) is 0 Å². The zero-order valence-electron chi connectivity index (χ0n) is 24.4. The van der Waals surface area contributed by atoms with Crippen molar-refractivity contribution in [1.82, 2.24) is 15.5 Å². The summed E-state index contributed by atoms with van der Waals surface area (Å²) in [5.41, 5.74) is 4.03. The highest BCUT2D eigenvalue weighted by Gasteiger charge is 2.40. The molecule has 2 atom stereocenters. The molecular weight excluding hydrogens is 576 g/mol. The van der Waals surface area contributed by atoms with E-state index in [9.17, 15) is 18.4 Å². The Kier molecular flexibility index (Phi) is 11.0. The van der Waals surface area contributed by atoms with Crippen LogP contribution in [0.4, 0.5) is 8.78 Å². The third-order valence-corrected chi connectivity index (χ3v) is 8.08. The molecular formula is C33H38ClF2N3O4. The summed E-state index contributed by atoms with van der Waals surface area (Å²) in [6, 6.07) is 16.3. The highest BCUT2D eigenvalue weighted by molar-refractivity contribution is 5.95. The Morgan fingerprint density at radius 3 is 2.30 bits per heavy atom. The van der Waals surface area contributed by atoms with Crippen molar-refractivity contribution in [3.05, 3.63) is 94.6 Å². The Balaban J connectivity index is 0.00000423. The number of amides is 2. The number of rotatable bonds is 11. The molecule has 0 bridgehead atoms. The number of piperidine rings is 1. The molecule has 1 aliphatic carbocycles. The number of carbonyl (C=O) groups is 2. The number of aryl methyl sites for hydroxylation is 1. The monoisotopic (exact) mass is 613 g/mol. The number of halogens is 3. The lowest BCUT2D eigenvalue weighted by Gasteiger charge is -2.36. The summed E-state index contributed by atoms with van der Waals surface area (Å²) in [6.45, 7) is 6.03. The van der Waals surface area contributed by atoms with Crippen LogP contribution in [-0.2, 0) is 11.3 Å². The van der Waals surface area contributed by atoms with Gasteiger partial charge in [0.05, 0.1) is 5.92 Å². The number of para-hydroxylation sites is 1. The minimum atomic E-state index is -0.773. The van der Waals surface area contributed by atoms with Crippen LogP contribution in [0.25, 0.3) is 0 Å². The van der Waals surface area contributed by atoms with E-state index in [0.29, 0.717) is 30.8 Å². The van der Waals surface area contributed by atoms with Crippen molar-refractivity contribution in [2.45, 2.75) is 51.7 Å². The van der Waals surface area contributed by atoms with E-state index < -0.39 is 17.4 Å². The van der Waals surface area contributed by atoms with Crippen LogP contribution >= 0.6 is 12.4 Å². The number of benzene rings is 3. The first kappa shape index (κ1) is 32.2. The van der Waals surface area contributed by atoms with Crippen molar-refractivity contribution in [2.24, 2.45) is 5.92 Å². The Morgan fingerprint density at radius 1 is 0.930 bits per heavy atom. The van der Waals surface area contributed by atoms with Gasteiger partial charge in [-0.25, -0.2) is 8.78 Å². The van der Waals surface area contributed by atoms with Crippen LogP contribution in [0.15, 0.2) is 60.7 Å². The fourth-order valence-corrected chi connectivity index (χ4v) is 5.32. The van der Waals surface area contributed by atoms with E-state index in [1.165, 1.54) is 17.2 Å². The average Bonchev–Trinajstić information content (AvgIpc) is 3.83. The lowest BCUT2D eigenvalue weighted by Crippen LogP contribution is -2.55. The van der Waals surface area contributed by atoms with Gasteiger partial charge in [0.2, 0.25) is 5.91 Å². The molecule has 230 valence electrons. The third-order valence-electron chi connectivity index (χ3n) is 8.08. The van der Waals surface area contributed by atoms with Crippen LogP contribution in [0, 0.1) is 31.4 Å². The second-order valence-electron chi connectivity index (χ2n) is 11.0. The fourth-order valence-electron chi connectivity index (χ4n) is 5.32. The quantitative estimate of drug-likeness (QED) is 0.285. The number of nitrogens with zero attached hydrogens (tertiary/aromatic N) is 1. The Morgan fingerprint density at radius 2 is 1.60 bits per heavy atom. The van der Waals surface area contributed by atoms with Gasteiger partial charge in [0.1, 0.15) is 19.0 Å². The summed E-state index contributed by atoms with van der Waals surface area (Å²) in [5.74, 6) is -2.02. The molecule has 2 aliphatic rings. The Bertz CT molecular complexity index is 1400. The molecule has 2 N–H and O–H groups in total. The molecule has 1 unspecified atom stereocenters. The van der Waals surface area contributed by atoms with Gasteiger partial charge in [-0.3, -0.25) is 9.59 Å². The summed E-state index contributed by atoms with van der Waals surface area (Å²) >= 11 is 0. The zero-order chi connectivity index (χ0) is 29.6. The maximum Gasteiger partial charge on any atom is 0.251 e. The van der Waals surface area contributed by atoms with Gasteiger partial charge in [-0.1, -0.05) is 24.3 Å². The molecule has 2 fully saturated rings. The van der Waals surface area contributed by atoms with E-state index in [1.807, 2.05) is 11.0 Å².